The Morgan fingerprint density at radius 3 is 2.79 bits per heavy atom. The van der Waals surface area contributed by atoms with Crippen molar-refractivity contribution in [1.29, 1.82) is 0 Å². The Balaban J connectivity index is 1.55. The minimum absolute atomic E-state index is 0.00100. The number of amides is 1. The summed E-state index contributed by atoms with van der Waals surface area (Å²) in [6.45, 7) is 1.87. The Hall–Kier alpha value is -2.62. The number of fused-ring (bicyclic) bond motifs is 2. The number of carbonyl (C=O) groups excluding carboxylic acids is 1. The summed E-state index contributed by atoms with van der Waals surface area (Å²) in [5.41, 5.74) is 4.33. The molecule has 2 N–H and O–H groups in total. The number of hydrogen-bond acceptors (Lipinski definition) is 2. The zero-order valence-corrected chi connectivity index (χ0v) is 13.5. The summed E-state index contributed by atoms with van der Waals surface area (Å²) in [4.78, 5) is 23.8. The van der Waals surface area contributed by atoms with E-state index in [0.29, 0.717) is 5.69 Å². The zero-order valence-electron chi connectivity index (χ0n) is 13.5. The molecule has 0 saturated heterocycles. The van der Waals surface area contributed by atoms with Gasteiger partial charge < -0.3 is 10.4 Å². The fraction of sp³-hybridized carbons (Fsp3) is 0.300. The van der Waals surface area contributed by atoms with Crippen molar-refractivity contribution < 1.29 is 14.7 Å². The minimum atomic E-state index is -0.988. The first kappa shape index (κ1) is 14.9. The highest BCUT2D eigenvalue weighted by Gasteiger charge is 2.61. The lowest BCUT2D eigenvalue weighted by atomic mass is 9.95. The van der Waals surface area contributed by atoms with Gasteiger partial charge in [0.2, 0.25) is 5.91 Å². The van der Waals surface area contributed by atoms with Crippen LogP contribution in [0.25, 0.3) is 0 Å². The molecule has 1 spiro atoms. The van der Waals surface area contributed by atoms with Crippen LogP contribution in [0.5, 0.6) is 0 Å². The molecule has 2 aromatic rings. The molecule has 24 heavy (non-hydrogen) atoms. The third-order valence-electron chi connectivity index (χ3n) is 5.53. The Labute approximate surface area is 140 Å². The van der Waals surface area contributed by atoms with Gasteiger partial charge in [-0.3, -0.25) is 4.79 Å². The standard InChI is InChI=1S/C20H19NO3/c1-12-6-7-14(19(23)24)10-17(12)21-18(22)16-11-20(16)9-8-13-4-2-3-5-15(13)20/h2-7,10,16H,8-9,11H2,1H3,(H,21,22)(H,23,24). The van der Waals surface area contributed by atoms with Crippen LogP contribution in [0.1, 0.15) is 39.9 Å². The summed E-state index contributed by atoms with van der Waals surface area (Å²) >= 11 is 0. The van der Waals surface area contributed by atoms with Gasteiger partial charge in [0.15, 0.2) is 0 Å². The van der Waals surface area contributed by atoms with Crippen molar-refractivity contribution in [3.8, 4) is 0 Å². The molecular weight excluding hydrogens is 302 g/mol. The Morgan fingerprint density at radius 1 is 1.21 bits per heavy atom. The SMILES string of the molecule is Cc1ccc(C(=O)O)cc1NC(=O)C1CC12CCc1ccccc12. The van der Waals surface area contributed by atoms with Crippen LogP contribution in [0.2, 0.25) is 0 Å². The fourth-order valence-electron chi connectivity index (χ4n) is 4.05. The summed E-state index contributed by atoms with van der Waals surface area (Å²) in [5, 5.41) is 12.1. The largest absolute Gasteiger partial charge is 0.478 e. The quantitative estimate of drug-likeness (QED) is 0.909. The molecule has 0 aliphatic heterocycles. The lowest BCUT2D eigenvalue weighted by Gasteiger charge is -2.13. The number of aromatic carboxylic acids is 1. The summed E-state index contributed by atoms with van der Waals surface area (Å²) in [7, 11) is 0. The van der Waals surface area contributed by atoms with Gasteiger partial charge in [-0.25, -0.2) is 4.79 Å². The lowest BCUT2D eigenvalue weighted by Crippen LogP contribution is -2.20. The highest BCUT2D eigenvalue weighted by molar-refractivity contribution is 5.98. The highest BCUT2D eigenvalue weighted by atomic mass is 16.4. The van der Waals surface area contributed by atoms with E-state index in [1.807, 2.05) is 13.0 Å². The van der Waals surface area contributed by atoms with Gasteiger partial charge in [-0.2, -0.15) is 0 Å². The molecule has 4 heteroatoms. The van der Waals surface area contributed by atoms with E-state index < -0.39 is 5.97 Å². The van der Waals surface area contributed by atoms with E-state index in [4.69, 9.17) is 5.11 Å². The minimum Gasteiger partial charge on any atom is -0.478 e. The van der Waals surface area contributed by atoms with Gasteiger partial charge in [-0.15, -0.1) is 0 Å². The summed E-state index contributed by atoms with van der Waals surface area (Å²) in [5.74, 6) is -1.01. The number of aryl methyl sites for hydroxylation is 2. The molecule has 0 heterocycles. The monoisotopic (exact) mass is 321 g/mol. The van der Waals surface area contributed by atoms with Gasteiger partial charge in [0.25, 0.3) is 0 Å². The second-order valence-corrected chi connectivity index (χ2v) is 6.89. The highest BCUT2D eigenvalue weighted by Crippen LogP contribution is 2.61. The van der Waals surface area contributed by atoms with Crippen LogP contribution < -0.4 is 5.32 Å². The van der Waals surface area contributed by atoms with Gasteiger partial charge in [-0.05, 0) is 55.0 Å². The number of benzene rings is 2. The van der Waals surface area contributed by atoms with E-state index >= 15 is 0 Å². The molecule has 2 aliphatic carbocycles. The molecule has 4 nitrogen and oxygen atoms in total. The van der Waals surface area contributed by atoms with Crippen molar-refractivity contribution in [2.45, 2.75) is 31.6 Å². The molecular formula is C20H19NO3. The van der Waals surface area contributed by atoms with Crippen molar-refractivity contribution >= 4 is 17.6 Å². The Kier molecular flexibility index (Phi) is 3.23. The zero-order chi connectivity index (χ0) is 16.9. The van der Waals surface area contributed by atoms with E-state index in [-0.39, 0.29) is 22.8 Å². The van der Waals surface area contributed by atoms with E-state index in [1.54, 1.807) is 12.1 Å². The van der Waals surface area contributed by atoms with Crippen LogP contribution in [-0.4, -0.2) is 17.0 Å². The number of anilines is 1. The number of carboxylic acids is 1. The molecule has 0 aromatic heterocycles. The number of hydrogen-bond donors (Lipinski definition) is 2. The van der Waals surface area contributed by atoms with Gasteiger partial charge in [0.05, 0.1) is 5.56 Å². The van der Waals surface area contributed by atoms with Crippen molar-refractivity contribution in [2.75, 3.05) is 5.32 Å². The molecule has 0 radical (unpaired) electrons. The molecule has 2 aromatic carbocycles. The molecule has 1 amide bonds. The first-order valence-corrected chi connectivity index (χ1v) is 8.24. The maximum Gasteiger partial charge on any atom is 0.335 e. The predicted octanol–water partition coefficient (Wildman–Crippen LogP) is 3.54. The summed E-state index contributed by atoms with van der Waals surface area (Å²) in [6.07, 6.45) is 2.94. The molecule has 122 valence electrons. The molecule has 4 rings (SSSR count). The average molecular weight is 321 g/mol. The molecule has 2 atom stereocenters. The maximum absolute atomic E-state index is 12.7. The number of rotatable bonds is 3. The molecule has 1 fully saturated rings. The predicted molar refractivity (Wildman–Crippen MR) is 91.3 cm³/mol. The van der Waals surface area contributed by atoms with Crippen molar-refractivity contribution in [3.05, 3.63) is 64.7 Å². The third kappa shape index (κ3) is 2.21. The van der Waals surface area contributed by atoms with Crippen LogP contribution in [-0.2, 0) is 16.6 Å². The normalized spacial score (nSPS) is 23.8. The summed E-state index contributed by atoms with van der Waals surface area (Å²) in [6, 6.07) is 13.2. The third-order valence-corrected chi connectivity index (χ3v) is 5.53. The molecule has 0 bridgehead atoms. The lowest BCUT2D eigenvalue weighted by molar-refractivity contribution is -0.117. The number of carboxylic acid groups (broad SMARTS) is 1. The van der Waals surface area contributed by atoms with E-state index in [2.05, 4.69) is 23.5 Å². The Bertz CT molecular complexity index is 858. The summed E-state index contributed by atoms with van der Waals surface area (Å²) < 4.78 is 0. The first-order chi connectivity index (χ1) is 11.5. The molecule has 2 aliphatic rings. The second-order valence-electron chi connectivity index (χ2n) is 6.89. The number of carbonyl (C=O) groups is 2. The van der Waals surface area contributed by atoms with Crippen molar-refractivity contribution in [3.63, 3.8) is 0 Å². The van der Waals surface area contributed by atoms with E-state index in [0.717, 1.165) is 24.8 Å². The average Bonchev–Trinajstić information content (AvgIpc) is 3.19. The Morgan fingerprint density at radius 2 is 2.00 bits per heavy atom. The van der Waals surface area contributed by atoms with Crippen LogP contribution in [0.4, 0.5) is 5.69 Å². The van der Waals surface area contributed by atoms with Gasteiger partial charge >= 0.3 is 5.97 Å². The van der Waals surface area contributed by atoms with Crippen LogP contribution in [0.3, 0.4) is 0 Å². The van der Waals surface area contributed by atoms with Gasteiger partial charge in [0.1, 0.15) is 0 Å². The van der Waals surface area contributed by atoms with Crippen molar-refractivity contribution in [1.82, 2.24) is 0 Å². The maximum atomic E-state index is 12.7. The molecule has 1 saturated carbocycles. The van der Waals surface area contributed by atoms with E-state index in [1.165, 1.54) is 17.2 Å². The van der Waals surface area contributed by atoms with Crippen LogP contribution >= 0.6 is 0 Å². The van der Waals surface area contributed by atoms with E-state index in [9.17, 15) is 9.59 Å². The van der Waals surface area contributed by atoms with Crippen molar-refractivity contribution in [2.24, 2.45) is 5.92 Å². The molecule has 2 unspecified atom stereocenters. The second kappa shape index (κ2) is 5.20. The topological polar surface area (TPSA) is 66.4 Å². The first-order valence-electron chi connectivity index (χ1n) is 8.24. The van der Waals surface area contributed by atoms with Crippen LogP contribution in [0.15, 0.2) is 42.5 Å². The number of nitrogens with one attached hydrogen (secondary N) is 1. The smallest absolute Gasteiger partial charge is 0.335 e. The van der Waals surface area contributed by atoms with Gasteiger partial charge in [-0.1, -0.05) is 30.3 Å². The fourth-order valence-corrected chi connectivity index (χ4v) is 4.05. The van der Waals surface area contributed by atoms with Gasteiger partial charge in [0, 0.05) is 17.0 Å². The van der Waals surface area contributed by atoms with Crippen LogP contribution in [0, 0.1) is 12.8 Å².